The Balaban J connectivity index is 2.11. The fraction of sp³-hybridized carbons (Fsp3) is 0.652. The van der Waals surface area contributed by atoms with Gasteiger partial charge in [-0.2, -0.15) is 0 Å². The van der Waals surface area contributed by atoms with Crippen molar-refractivity contribution in [2.75, 3.05) is 19.8 Å². The Hall–Kier alpha value is -2.48. The second kappa shape index (κ2) is 11.8. The highest BCUT2D eigenvalue weighted by Crippen LogP contribution is 2.51. The van der Waals surface area contributed by atoms with Gasteiger partial charge in [-0.3, -0.25) is 19.7 Å². The zero-order valence-electron chi connectivity index (χ0n) is 18.6. The molecule has 8 heteroatoms. The fourth-order valence-corrected chi connectivity index (χ4v) is 3.89. The maximum absolute atomic E-state index is 13.1. The van der Waals surface area contributed by atoms with Gasteiger partial charge in [-0.1, -0.05) is 44.2 Å². The fourth-order valence-electron chi connectivity index (χ4n) is 3.89. The van der Waals surface area contributed by atoms with E-state index in [1.54, 1.807) is 6.92 Å². The van der Waals surface area contributed by atoms with Crippen LogP contribution in [0.3, 0.4) is 0 Å². The van der Waals surface area contributed by atoms with Gasteiger partial charge in [0.1, 0.15) is 0 Å². The normalized spacial score (nSPS) is 21.2. The van der Waals surface area contributed by atoms with Crippen molar-refractivity contribution in [2.45, 2.75) is 59.2 Å². The topological polar surface area (TPSA) is 105 Å². The molecule has 1 aromatic rings. The second-order valence-corrected chi connectivity index (χ2v) is 8.52. The Morgan fingerprint density at radius 2 is 1.87 bits per heavy atom. The van der Waals surface area contributed by atoms with Crippen LogP contribution in [0.2, 0.25) is 0 Å². The monoisotopic (exact) mass is 435 g/mol. The maximum Gasteiger partial charge on any atom is 0.312 e. The lowest BCUT2D eigenvalue weighted by atomic mass is 9.58. The molecule has 0 heterocycles. The molecule has 1 aromatic carbocycles. The Labute approximate surface area is 183 Å². The molecule has 31 heavy (non-hydrogen) atoms. The van der Waals surface area contributed by atoms with E-state index in [2.05, 4.69) is 0 Å². The highest BCUT2D eigenvalue weighted by Gasteiger charge is 2.58. The number of rotatable bonds is 13. The summed E-state index contributed by atoms with van der Waals surface area (Å²) in [5, 5.41) is 11.3. The Morgan fingerprint density at radius 1 is 1.19 bits per heavy atom. The molecule has 0 spiro atoms. The van der Waals surface area contributed by atoms with Crippen molar-refractivity contribution in [3.8, 4) is 0 Å². The number of hydrogen-bond donors (Lipinski definition) is 0. The first-order valence-electron chi connectivity index (χ1n) is 10.9. The molecule has 0 amide bonds. The molecule has 0 N–H and O–H groups in total. The lowest BCUT2D eigenvalue weighted by Gasteiger charge is -2.48. The third kappa shape index (κ3) is 7.31. The van der Waals surface area contributed by atoms with Gasteiger partial charge < -0.3 is 14.2 Å². The molecule has 1 fully saturated rings. The van der Waals surface area contributed by atoms with Gasteiger partial charge in [0.2, 0.25) is 6.54 Å². The van der Waals surface area contributed by atoms with E-state index in [9.17, 15) is 19.7 Å². The molecule has 8 nitrogen and oxygen atoms in total. The van der Waals surface area contributed by atoms with Crippen LogP contribution in [0.5, 0.6) is 0 Å². The molecule has 0 radical (unpaired) electrons. The SMILES string of the molecule is CCOC(=O)CC(C[N+](=O)[O-])C1(C(=O)OCCC(C)C)CC(OCc2ccccc2)C1. The number of carbonyl (C=O) groups is 2. The predicted molar refractivity (Wildman–Crippen MR) is 114 cm³/mol. The Bertz CT molecular complexity index is 729. The molecular weight excluding hydrogens is 402 g/mol. The smallest absolute Gasteiger partial charge is 0.312 e. The van der Waals surface area contributed by atoms with Gasteiger partial charge >= 0.3 is 11.9 Å². The molecule has 0 bridgehead atoms. The maximum atomic E-state index is 13.1. The van der Waals surface area contributed by atoms with Crippen LogP contribution < -0.4 is 0 Å². The summed E-state index contributed by atoms with van der Waals surface area (Å²) in [5.41, 5.74) is -0.106. The van der Waals surface area contributed by atoms with Crippen molar-refractivity contribution in [1.82, 2.24) is 0 Å². The summed E-state index contributed by atoms with van der Waals surface area (Å²) in [5.74, 6) is -1.47. The van der Waals surface area contributed by atoms with Crippen LogP contribution in [0, 0.1) is 27.4 Å². The number of hydrogen-bond acceptors (Lipinski definition) is 7. The summed E-state index contributed by atoms with van der Waals surface area (Å²) in [4.78, 5) is 36.0. The van der Waals surface area contributed by atoms with Gasteiger partial charge in [0.15, 0.2) is 0 Å². The molecule has 1 atom stereocenters. The Kier molecular flexibility index (Phi) is 9.43. The first kappa shape index (κ1) is 24.8. The zero-order valence-corrected chi connectivity index (χ0v) is 18.6. The number of ether oxygens (including phenoxy) is 3. The van der Waals surface area contributed by atoms with E-state index in [1.165, 1.54) is 0 Å². The van der Waals surface area contributed by atoms with Gasteiger partial charge in [0, 0.05) is 4.92 Å². The van der Waals surface area contributed by atoms with Crippen LogP contribution >= 0.6 is 0 Å². The minimum Gasteiger partial charge on any atom is -0.466 e. The number of nitrogens with zero attached hydrogens (tertiary/aromatic N) is 1. The van der Waals surface area contributed by atoms with Crippen molar-refractivity contribution < 1.29 is 28.7 Å². The van der Waals surface area contributed by atoms with Crippen molar-refractivity contribution in [2.24, 2.45) is 17.3 Å². The summed E-state index contributed by atoms with van der Waals surface area (Å²) >= 11 is 0. The van der Waals surface area contributed by atoms with Crippen LogP contribution in [-0.2, 0) is 30.4 Å². The lowest BCUT2D eigenvalue weighted by molar-refractivity contribution is -0.493. The second-order valence-electron chi connectivity index (χ2n) is 8.52. The van der Waals surface area contributed by atoms with Crippen LogP contribution in [0.1, 0.15) is 52.0 Å². The third-order valence-corrected chi connectivity index (χ3v) is 5.72. The summed E-state index contributed by atoms with van der Waals surface area (Å²) < 4.78 is 16.4. The molecular formula is C23H33NO7. The van der Waals surface area contributed by atoms with Crippen molar-refractivity contribution in [3.63, 3.8) is 0 Å². The number of nitro groups is 1. The molecule has 1 unspecified atom stereocenters. The van der Waals surface area contributed by atoms with Crippen LogP contribution in [0.25, 0.3) is 0 Å². The van der Waals surface area contributed by atoms with Gasteiger partial charge in [-0.05, 0) is 37.7 Å². The molecule has 1 aliphatic rings. The van der Waals surface area contributed by atoms with Crippen LogP contribution in [0.15, 0.2) is 30.3 Å². The highest BCUT2D eigenvalue weighted by molar-refractivity contribution is 5.80. The van der Waals surface area contributed by atoms with E-state index in [0.717, 1.165) is 5.56 Å². The largest absolute Gasteiger partial charge is 0.466 e. The van der Waals surface area contributed by atoms with Crippen LogP contribution in [0.4, 0.5) is 0 Å². The molecule has 1 aliphatic carbocycles. The standard InChI is InChI=1S/C23H33NO7/c1-4-29-21(25)12-19(15-24(27)28)23(22(26)30-11-10-17(2)3)13-20(14-23)31-16-18-8-6-5-7-9-18/h5-9,17,19-20H,4,10-16H2,1-3H3. The predicted octanol–water partition coefficient (Wildman–Crippen LogP) is 3.79. The van der Waals surface area contributed by atoms with Crippen molar-refractivity contribution in [3.05, 3.63) is 46.0 Å². The zero-order chi connectivity index (χ0) is 22.9. The number of carbonyl (C=O) groups excluding carboxylic acids is 2. The highest BCUT2D eigenvalue weighted by atomic mass is 16.6. The van der Waals surface area contributed by atoms with E-state index in [-0.39, 0.29) is 38.6 Å². The Morgan fingerprint density at radius 3 is 2.45 bits per heavy atom. The lowest BCUT2D eigenvalue weighted by Crippen LogP contribution is -2.55. The van der Waals surface area contributed by atoms with Gasteiger partial charge in [-0.25, -0.2) is 0 Å². The first-order chi connectivity index (χ1) is 14.8. The molecule has 172 valence electrons. The molecule has 0 saturated heterocycles. The molecule has 0 aliphatic heterocycles. The minimum absolute atomic E-state index is 0.179. The summed E-state index contributed by atoms with van der Waals surface area (Å²) in [6.07, 6.45) is 0.859. The first-order valence-corrected chi connectivity index (χ1v) is 10.9. The number of benzene rings is 1. The molecule has 1 saturated carbocycles. The average Bonchev–Trinajstić information content (AvgIpc) is 2.67. The molecule has 0 aromatic heterocycles. The summed E-state index contributed by atoms with van der Waals surface area (Å²) in [7, 11) is 0. The minimum atomic E-state index is -1.11. The van der Waals surface area contributed by atoms with Crippen LogP contribution in [-0.4, -0.2) is 42.7 Å². The van der Waals surface area contributed by atoms with E-state index in [1.807, 2.05) is 44.2 Å². The summed E-state index contributed by atoms with van der Waals surface area (Å²) in [6, 6.07) is 9.65. The number of esters is 2. The van der Waals surface area contributed by atoms with E-state index in [0.29, 0.717) is 18.9 Å². The third-order valence-electron chi connectivity index (χ3n) is 5.72. The average molecular weight is 436 g/mol. The van der Waals surface area contributed by atoms with Crippen molar-refractivity contribution >= 4 is 11.9 Å². The quantitative estimate of drug-likeness (QED) is 0.264. The summed E-state index contributed by atoms with van der Waals surface area (Å²) in [6.45, 7) is 6.04. The van der Waals surface area contributed by atoms with Gasteiger partial charge in [0.25, 0.3) is 0 Å². The van der Waals surface area contributed by atoms with Gasteiger partial charge in [-0.15, -0.1) is 0 Å². The van der Waals surface area contributed by atoms with E-state index >= 15 is 0 Å². The van der Waals surface area contributed by atoms with Gasteiger partial charge in [0.05, 0.1) is 43.7 Å². The van der Waals surface area contributed by atoms with E-state index < -0.39 is 34.7 Å². The molecule has 2 rings (SSSR count). The van der Waals surface area contributed by atoms with Crippen molar-refractivity contribution in [1.29, 1.82) is 0 Å². The van der Waals surface area contributed by atoms with E-state index in [4.69, 9.17) is 14.2 Å².